The fraction of sp³-hybridized carbons (Fsp3) is 0.222. The Hall–Kier alpha value is -2.82. The van der Waals surface area contributed by atoms with Gasteiger partial charge in [0, 0.05) is 24.2 Å². The molecule has 1 aromatic heterocycles. The van der Waals surface area contributed by atoms with Crippen molar-refractivity contribution in [3.05, 3.63) is 58.6 Å². The monoisotopic (exact) mass is 308 g/mol. The highest BCUT2D eigenvalue weighted by atomic mass is 16.6. The van der Waals surface area contributed by atoms with Gasteiger partial charge in [0.15, 0.2) is 0 Å². The number of benzene rings is 2. The average molecular weight is 308 g/mol. The minimum Gasteiger partial charge on any atom is -0.400 e. The molecule has 2 heterocycles. The van der Waals surface area contributed by atoms with Crippen LogP contribution in [0.3, 0.4) is 0 Å². The molecule has 1 fully saturated rings. The van der Waals surface area contributed by atoms with E-state index in [9.17, 15) is 10.1 Å². The zero-order valence-corrected chi connectivity index (χ0v) is 12.6. The van der Waals surface area contributed by atoms with Crippen LogP contribution >= 0.6 is 0 Å². The van der Waals surface area contributed by atoms with Crippen molar-refractivity contribution in [2.75, 3.05) is 18.0 Å². The number of rotatable bonds is 3. The molecule has 4 rings (SSSR count). The van der Waals surface area contributed by atoms with Crippen LogP contribution in [0.1, 0.15) is 12.8 Å². The number of nitro groups is 1. The van der Waals surface area contributed by atoms with E-state index in [1.54, 1.807) is 0 Å². The Kier molecular flexibility index (Phi) is 3.26. The quantitative estimate of drug-likeness (QED) is 0.524. The van der Waals surface area contributed by atoms with Gasteiger partial charge in [-0.05, 0) is 36.6 Å². The van der Waals surface area contributed by atoms with Gasteiger partial charge in [-0.25, -0.2) is 0 Å². The summed E-state index contributed by atoms with van der Waals surface area (Å²) in [5.74, 6) is -0.190. The van der Waals surface area contributed by atoms with Crippen LogP contribution in [0.25, 0.3) is 22.1 Å². The van der Waals surface area contributed by atoms with E-state index in [4.69, 9.17) is 4.42 Å². The molecule has 0 spiro atoms. The van der Waals surface area contributed by atoms with Crippen LogP contribution in [-0.4, -0.2) is 18.0 Å². The van der Waals surface area contributed by atoms with Gasteiger partial charge in [0.1, 0.15) is 16.1 Å². The number of anilines is 1. The van der Waals surface area contributed by atoms with Crippen molar-refractivity contribution >= 4 is 22.5 Å². The first kappa shape index (κ1) is 13.8. The van der Waals surface area contributed by atoms with Crippen LogP contribution < -0.4 is 4.90 Å². The first-order valence-corrected chi connectivity index (χ1v) is 7.75. The molecule has 0 amide bonds. The molecule has 1 aliphatic rings. The van der Waals surface area contributed by atoms with E-state index < -0.39 is 4.92 Å². The van der Waals surface area contributed by atoms with Crippen LogP contribution in [0.2, 0.25) is 0 Å². The van der Waals surface area contributed by atoms with E-state index in [0.717, 1.165) is 29.7 Å². The summed E-state index contributed by atoms with van der Waals surface area (Å²) in [4.78, 5) is 13.3. The number of nitrogens with zero attached hydrogens (tertiary/aromatic N) is 2. The highest BCUT2D eigenvalue weighted by Crippen LogP contribution is 2.41. The van der Waals surface area contributed by atoms with Crippen molar-refractivity contribution < 1.29 is 9.34 Å². The van der Waals surface area contributed by atoms with Gasteiger partial charge in [-0.3, -0.25) is 10.1 Å². The maximum absolute atomic E-state index is 11.4. The van der Waals surface area contributed by atoms with Crippen molar-refractivity contribution in [2.24, 2.45) is 0 Å². The first-order valence-electron chi connectivity index (χ1n) is 7.75. The molecule has 1 aliphatic heterocycles. The summed E-state index contributed by atoms with van der Waals surface area (Å²) in [6.45, 7) is 2.07. The molecule has 0 atom stereocenters. The lowest BCUT2D eigenvalue weighted by atomic mass is 10.0. The van der Waals surface area contributed by atoms with Gasteiger partial charge >= 0.3 is 5.88 Å². The van der Waals surface area contributed by atoms with Crippen LogP contribution in [0.15, 0.2) is 52.9 Å². The molecule has 0 saturated carbocycles. The summed E-state index contributed by atoms with van der Waals surface area (Å²) in [6.07, 6.45) is 2.38. The Morgan fingerprint density at radius 3 is 2.48 bits per heavy atom. The summed E-state index contributed by atoms with van der Waals surface area (Å²) in [6, 6.07) is 15.2. The third kappa shape index (κ3) is 2.34. The van der Waals surface area contributed by atoms with Gasteiger partial charge in [0.2, 0.25) is 0 Å². The van der Waals surface area contributed by atoms with Gasteiger partial charge in [0.05, 0.1) is 0 Å². The Labute approximate surface area is 133 Å². The maximum atomic E-state index is 11.4. The van der Waals surface area contributed by atoms with E-state index >= 15 is 0 Å². The third-order valence-corrected chi connectivity index (χ3v) is 4.35. The molecular formula is C18H16N2O3. The molecule has 0 aliphatic carbocycles. The lowest BCUT2D eigenvalue weighted by Crippen LogP contribution is -2.17. The van der Waals surface area contributed by atoms with Gasteiger partial charge < -0.3 is 9.32 Å². The van der Waals surface area contributed by atoms with Crippen molar-refractivity contribution in [2.45, 2.75) is 12.8 Å². The highest BCUT2D eigenvalue weighted by Gasteiger charge is 2.26. The van der Waals surface area contributed by atoms with Crippen molar-refractivity contribution in [1.29, 1.82) is 0 Å². The minimum atomic E-state index is -0.447. The maximum Gasteiger partial charge on any atom is 0.442 e. The van der Waals surface area contributed by atoms with Gasteiger partial charge in [0.25, 0.3) is 0 Å². The zero-order chi connectivity index (χ0) is 15.8. The molecule has 116 valence electrons. The molecule has 0 unspecified atom stereocenters. The van der Waals surface area contributed by atoms with Gasteiger partial charge in [-0.15, -0.1) is 0 Å². The minimum absolute atomic E-state index is 0.190. The van der Waals surface area contributed by atoms with E-state index in [1.165, 1.54) is 12.8 Å². The second-order valence-corrected chi connectivity index (χ2v) is 5.78. The predicted molar refractivity (Wildman–Crippen MR) is 89.8 cm³/mol. The highest BCUT2D eigenvalue weighted by molar-refractivity contribution is 6.00. The number of fused-ring (bicyclic) bond motifs is 1. The van der Waals surface area contributed by atoms with Gasteiger partial charge in [-0.2, -0.15) is 0 Å². The Bertz CT molecular complexity index is 865. The van der Waals surface area contributed by atoms with Crippen LogP contribution in [0.4, 0.5) is 11.6 Å². The van der Waals surface area contributed by atoms with E-state index in [2.05, 4.69) is 4.90 Å². The molecule has 5 heteroatoms. The van der Waals surface area contributed by atoms with Crippen LogP contribution in [0, 0.1) is 10.1 Å². The van der Waals surface area contributed by atoms with Crippen molar-refractivity contribution in [3.63, 3.8) is 0 Å². The van der Waals surface area contributed by atoms with E-state index in [0.29, 0.717) is 11.1 Å². The average Bonchev–Trinajstić information content (AvgIpc) is 3.22. The molecular weight excluding hydrogens is 292 g/mol. The van der Waals surface area contributed by atoms with Gasteiger partial charge in [-0.1, -0.05) is 30.3 Å². The second-order valence-electron chi connectivity index (χ2n) is 5.78. The molecule has 0 bridgehead atoms. The molecule has 1 saturated heterocycles. The molecule has 0 N–H and O–H groups in total. The summed E-state index contributed by atoms with van der Waals surface area (Å²) in [5, 5.41) is 12.2. The smallest absolute Gasteiger partial charge is 0.400 e. The lowest BCUT2D eigenvalue weighted by Gasteiger charge is -2.17. The molecule has 5 nitrogen and oxygen atoms in total. The third-order valence-electron chi connectivity index (χ3n) is 4.35. The predicted octanol–water partition coefficient (Wildman–Crippen LogP) is 4.61. The van der Waals surface area contributed by atoms with Crippen molar-refractivity contribution in [3.8, 4) is 11.1 Å². The SMILES string of the molecule is O=[N+]([O-])c1oc2ccc(N3CCCC3)cc2c1-c1ccccc1. The summed E-state index contributed by atoms with van der Waals surface area (Å²) >= 11 is 0. The summed E-state index contributed by atoms with van der Waals surface area (Å²) < 4.78 is 5.52. The zero-order valence-electron chi connectivity index (χ0n) is 12.6. The number of hydrogen-bond acceptors (Lipinski definition) is 4. The lowest BCUT2D eigenvalue weighted by molar-refractivity contribution is -0.400. The van der Waals surface area contributed by atoms with Crippen molar-refractivity contribution in [1.82, 2.24) is 0 Å². The van der Waals surface area contributed by atoms with Crippen LogP contribution in [-0.2, 0) is 0 Å². The van der Waals surface area contributed by atoms with E-state index in [1.807, 2.05) is 48.5 Å². The normalized spacial score (nSPS) is 14.5. The fourth-order valence-electron chi connectivity index (χ4n) is 3.26. The Morgan fingerprint density at radius 2 is 1.78 bits per heavy atom. The molecule has 2 aromatic carbocycles. The standard InChI is InChI=1S/C18H16N2O3/c21-20(22)18-17(13-6-2-1-3-7-13)15-12-14(8-9-16(15)23-18)19-10-4-5-11-19/h1-3,6-9,12H,4-5,10-11H2. The Balaban J connectivity index is 1.94. The molecule has 23 heavy (non-hydrogen) atoms. The number of furan rings is 1. The first-order chi connectivity index (χ1) is 11.2. The topological polar surface area (TPSA) is 59.5 Å². The van der Waals surface area contributed by atoms with Crippen LogP contribution in [0.5, 0.6) is 0 Å². The number of hydrogen-bond donors (Lipinski definition) is 0. The van der Waals surface area contributed by atoms with E-state index in [-0.39, 0.29) is 5.88 Å². The fourth-order valence-corrected chi connectivity index (χ4v) is 3.26. The largest absolute Gasteiger partial charge is 0.442 e. The second kappa shape index (κ2) is 5.43. The molecule has 3 aromatic rings. The molecule has 0 radical (unpaired) electrons. The Morgan fingerprint density at radius 1 is 1.04 bits per heavy atom. The summed E-state index contributed by atoms with van der Waals surface area (Å²) in [5.41, 5.74) is 3.02. The summed E-state index contributed by atoms with van der Waals surface area (Å²) in [7, 11) is 0.